The summed E-state index contributed by atoms with van der Waals surface area (Å²) in [6.45, 7) is 6.71. The van der Waals surface area contributed by atoms with Crippen molar-refractivity contribution in [1.29, 1.82) is 0 Å². The lowest BCUT2D eigenvalue weighted by Crippen LogP contribution is -2.36. The third-order valence-electron chi connectivity index (χ3n) is 3.93. The fourth-order valence-corrected chi connectivity index (χ4v) is 2.68. The van der Waals surface area contributed by atoms with Gasteiger partial charge in [0.25, 0.3) is 0 Å². The van der Waals surface area contributed by atoms with Crippen LogP contribution in [0.4, 0.5) is 0 Å². The van der Waals surface area contributed by atoms with E-state index in [4.69, 9.17) is 0 Å². The van der Waals surface area contributed by atoms with Crippen molar-refractivity contribution in [2.75, 3.05) is 0 Å². The number of hydrogen-bond donors (Lipinski definition) is 1. The number of rotatable bonds is 3. The van der Waals surface area contributed by atoms with Crippen LogP contribution in [0, 0.1) is 17.8 Å². The molecule has 13 heavy (non-hydrogen) atoms. The highest BCUT2D eigenvalue weighted by molar-refractivity contribution is 4.83. The summed E-state index contributed by atoms with van der Waals surface area (Å²) in [6, 6.07) is 0. The van der Waals surface area contributed by atoms with Crippen molar-refractivity contribution in [2.24, 2.45) is 17.8 Å². The Balaban J connectivity index is 2.54. The second-order valence-electron chi connectivity index (χ2n) is 4.64. The lowest BCUT2D eigenvalue weighted by Gasteiger charge is -2.37. The van der Waals surface area contributed by atoms with Crippen LogP contribution in [-0.2, 0) is 0 Å². The van der Waals surface area contributed by atoms with E-state index in [1.807, 2.05) is 0 Å². The maximum atomic E-state index is 10.1. The Morgan fingerprint density at radius 2 is 2.00 bits per heavy atom. The highest BCUT2D eigenvalue weighted by atomic mass is 16.3. The molecule has 1 aliphatic rings. The van der Waals surface area contributed by atoms with E-state index in [0.717, 1.165) is 6.42 Å². The van der Waals surface area contributed by atoms with Gasteiger partial charge in [0.05, 0.1) is 6.10 Å². The molecule has 1 N–H and O–H groups in total. The summed E-state index contributed by atoms with van der Waals surface area (Å²) in [6.07, 6.45) is 6.14. The van der Waals surface area contributed by atoms with E-state index >= 15 is 0 Å². The van der Waals surface area contributed by atoms with Gasteiger partial charge in [-0.25, -0.2) is 0 Å². The minimum Gasteiger partial charge on any atom is -0.393 e. The van der Waals surface area contributed by atoms with Gasteiger partial charge in [0.15, 0.2) is 0 Å². The Morgan fingerprint density at radius 3 is 2.54 bits per heavy atom. The van der Waals surface area contributed by atoms with Gasteiger partial charge in [-0.3, -0.25) is 0 Å². The van der Waals surface area contributed by atoms with Gasteiger partial charge in [-0.2, -0.15) is 0 Å². The molecule has 1 aliphatic carbocycles. The zero-order chi connectivity index (χ0) is 9.84. The molecule has 0 spiro atoms. The molecule has 1 heteroatoms. The Morgan fingerprint density at radius 1 is 1.31 bits per heavy atom. The maximum Gasteiger partial charge on any atom is 0.0598 e. The van der Waals surface area contributed by atoms with Gasteiger partial charge in [0.2, 0.25) is 0 Å². The molecular weight excluding hydrogens is 160 g/mol. The second-order valence-corrected chi connectivity index (χ2v) is 4.64. The van der Waals surface area contributed by atoms with Gasteiger partial charge in [-0.15, -0.1) is 0 Å². The van der Waals surface area contributed by atoms with E-state index in [0.29, 0.717) is 17.8 Å². The molecular formula is C12H24O. The maximum absolute atomic E-state index is 10.1. The van der Waals surface area contributed by atoms with Gasteiger partial charge in [-0.05, 0) is 30.6 Å². The molecule has 4 atom stereocenters. The first kappa shape index (κ1) is 11.0. The summed E-state index contributed by atoms with van der Waals surface area (Å²) in [7, 11) is 0. The largest absolute Gasteiger partial charge is 0.393 e. The van der Waals surface area contributed by atoms with Crippen molar-refractivity contribution in [1.82, 2.24) is 0 Å². The molecule has 0 bridgehead atoms. The highest BCUT2D eigenvalue weighted by Gasteiger charge is 2.32. The van der Waals surface area contributed by atoms with Crippen molar-refractivity contribution >= 4 is 0 Å². The standard InChI is InChI=1S/C12H24O/c1-4-9(3)11-8-6-7-10(5-2)12(11)13/h9-13H,4-8H2,1-3H3. The van der Waals surface area contributed by atoms with Crippen molar-refractivity contribution in [3.8, 4) is 0 Å². The van der Waals surface area contributed by atoms with Crippen molar-refractivity contribution in [2.45, 2.75) is 59.0 Å². The molecule has 1 fully saturated rings. The molecule has 0 saturated heterocycles. The molecule has 0 aromatic heterocycles. The Hall–Kier alpha value is -0.0400. The molecule has 1 rings (SSSR count). The van der Waals surface area contributed by atoms with E-state index in [1.165, 1.54) is 25.7 Å². The highest BCUT2D eigenvalue weighted by Crippen LogP contribution is 2.36. The van der Waals surface area contributed by atoms with E-state index in [2.05, 4.69) is 20.8 Å². The lowest BCUT2D eigenvalue weighted by molar-refractivity contribution is -0.00770. The number of aliphatic hydroxyl groups excluding tert-OH is 1. The van der Waals surface area contributed by atoms with Gasteiger partial charge in [0.1, 0.15) is 0 Å². The summed E-state index contributed by atoms with van der Waals surface area (Å²) in [5.41, 5.74) is 0. The summed E-state index contributed by atoms with van der Waals surface area (Å²) < 4.78 is 0. The van der Waals surface area contributed by atoms with E-state index < -0.39 is 0 Å². The van der Waals surface area contributed by atoms with Crippen LogP contribution in [0.5, 0.6) is 0 Å². The van der Waals surface area contributed by atoms with Crippen molar-refractivity contribution < 1.29 is 5.11 Å². The van der Waals surface area contributed by atoms with E-state index in [9.17, 15) is 5.11 Å². The van der Waals surface area contributed by atoms with Crippen LogP contribution in [-0.4, -0.2) is 11.2 Å². The van der Waals surface area contributed by atoms with Gasteiger partial charge < -0.3 is 5.11 Å². The average Bonchev–Trinajstić information content (AvgIpc) is 2.17. The summed E-state index contributed by atoms with van der Waals surface area (Å²) in [5.74, 6) is 1.85. The number of aliphatic hydroxyl groups is 1. The fourth-order valence-electron chi connectivity index (χ4n) is 2.68. The molecule has 1 saturated carbocycles. The minimum atomic E-state index is -0.0197. The van der Waals surface area contributed by atoms with E-state index in [1.54, 1.807) is 0 Å². The first-order chi connectivity index (χ1) is 6.20. The van der Waals surface area contributed by atoms with Gasteiger partial charge >= 0.3 is 0 Å². The summed E-state index contributed by atoms with van der Waals surface area (Å²) >= 11 is 0. The van der Waals surface area contributed by atoms with Gasteiger partial charge in [-0.1, -0.05) is 40.0 Å². The molecule has 78 valence electrons. The van der Waals surface area contributed by atoms with E-state index in [-0.39, 0.29) is 6.10 Å². The Bertz CT molecular complexity index is 144. The Kier molecular flexibility index (Phi) is 4.24. The third kappa shape index (κ3) is 2.46. The predicted octanol–water partition coefficient (Wildman–Crippen LogP) is 3.22. The smallest absolute Gasteiger partial charge is 0.0598 e. The summed E-state index contributed by atoms with van der Waals surface area (Å²) in [5, 5.41) is 10.1. The Labute approximate surface area is 82.5 Å². The van der Waals surface area contributed by atoms with Crippen LogP contribution in [0.25, 0.3) is 0 Å². The molecule has 0 aromatic carbocycles. The van der Waals surface area contributed by atoms with Crippen LogP contribution in [0.3, 0.4) is 0 Å². The molecule has 1 nitrogen and oxygen atoms in total. The molecule has 0 aromatic rings. The lowest BCUT2D eigenvalue weighted by atomic mass is 9.72. The molecule has 0 radical (unpaired) electrons. The van der Waals surface area contributed by atoms with Crippen LogP contribution in [0.1, 0.15) is 52.9 Å². The van der Waals surface area contributed by atoms with Crippen LogP contribution >= 0.6 is 0 Å². The quantitative estimate of drug-likeness (QED) is 0.714. The zero-order valence-electron chi connectivity index (χ0n) is 9.29. The van der Waals surface area contributed by atoms with Crippen LogP contribution < -0.4 is 0 Å². The first-order valence-electron chi connectivity index (χ1n) is 5.88. The first-order valence-corrected chi connectivity index (χ1v) is 5.88. The second kappa shape index (κ2) is 4.99. The van der Waals surface area contributed by atoms with Crippen LogP contribution in [0.2, 0.25) is 0 Å². The van der Waals surface area contributed by atoms with Crippen LogP contribution in [0.15, 0.2) is 0 Å². The number of hydrogen-bond acceptors (Lipinski definition) is 1. The molecule has 0 heterocycles. The zero-order valence-corrected chi connectivity index (χ0v) is 9.29. The van der Waals surface area contributed by atoms with Crippen molar-refractivity contribution in [3.05, 3.63) is 0 Å². The molecule has 4 unspecified atom stereocenters. The van der Waals surface area contributed by atoms with Gasteiger partial charge in [0, 0.05) is 0 Å². The molecule has 0 amide bonds. The van der Waals surface area contributed by atoms with Crippen molar-refractivity contribution in [3.63, 3.8) is 0 Å². The minimum absolute atomic E-state index is 0.0197. The predicted molar refractivity (Wildman–Crippen MR) is 56.6 cm³/mol. The molecule has 0 aliphatic heterocycles. The average molecular weight is 184 g/mol. The normalized spacial score (nSPS) is 37.4. The summed E-state index contributed by atoms with van der Waals surface area (Å²) in [4.78, 5) is 0. The topological polar surface area (TPSA) is 20.2 Å². The monoisotopic (exact) mass is 184 g/mol. The SMILES string of the molecule is CCC(C)C1CCCC(CC)C1O. The fraction of sp³-hybridized carbons (Fsp3) is 1.00. The third-order valence-corrected chi connectivity index (χ3v) is 3.93.